The standard InChI is InChI=1S/C21H27ClN2O2/c22-17-8-6-16(7-9-17)11-13-24-21(26)19-14-18(19)20(25)23-12-10-15-4-2-1-3-5-15/h4,6-9,18-19H,1-3,5,10-14H2,(H,23,25)(H,24,26). The summed E-state index contributed by atoms with van der Waals surface area (Å²) >= 11 is 5.86. The molecule has 0 saturated heterocycles. The van der Waals surface area contributed by atoms with Crippen LogP contribution in [-0.2, 0) is 16.0 Å². The molecule has 1 saturated carbocycles. The van der Waals surface area contributed by atoms with E-state index in [9.17, 15) is 9.59 Å². The number of carbonyl (C=O) groups excluding carboxylic acids is 2. The lowest BCUT2D eigenvalue weighted by Crippen LogP contribution is -2.31. The van der Waals surface area contributed by atoms with Crippen molar-refractivity contribution in [3.05, 3.63) is 46.5 Å². The first-order valence-corrected chi connectivity index (χ1v) is 9.99. The van der Waals surface area contributed by atoms with Gasteiger partial charge in [-0.2, -0.15) is 0 Å². The molecule has 0 heterocycles. The monoisotopic (exact) mass is 374 g/mol. The number of benzene rings is 1. The molecule has 1 aromatic carbocycles. The SMILES string of the molecule is O=C(NCCC1=CCCCC1)C1CC1C(=O)NCCc1ccc(Cl)cc1. The number of halogens is 1. The highest BCUT2D eigenvalue weighted by atomic mass is 35.5. The van der Waals surface area contributed by atoms with E-state index >= 15 is 0 Å². The number of allylic oxidation sites excluding steroid dienone is 1. The van der Waals surface area contributed by atoms with Crippen molar-refractivity contribution in [3.63, 3.8) is 0 Å². The Kier molecular flexibility index (Phi) is 6.73. The van der Waals surface area contributed by atoms with Crippen molar-refractivity contribution < 1.29 is 9.59 Å². The Labute approximate surface area is 160 Å². The maximum atomic E-state index is 12.2. The van der Waals surface area contributed by atoms with Crippen molar-refractivity contribution in [2.24, 2.45) is 11.8 Å². The highest BCUT2D eigenvalue weighted by molar-refractivity contribution is 6.30. The van der Waals surface area contributed by atoms with Crippen LogP contribution < -0.4 is 10.6 Å². The third-order valence-corrected chi connectivity index (χ3v) is 5.47. The third-order valence-electron chi connectivity index (χ3n) is 5.22. The highest BCUT2D eigenvalue weighted by Crippen LogP contribution is 2.38. The van der Waals surface area contributed by atoms with Gasteiger partial charge in [-0.1, -0.05) is 35.4 Å². The first-order chi connectivity index (χ1) is 12.6. The summed E-state index contributed by atoms with van der Waals surface area (Å²) in [5.74, 6) is -0.284. The predicted molar refractivity (Wildman–Crippen MR) is 104 cm³/mol. The van der Waals surface area contributed by atoms with E-state index in [-0.39, 0.29) is 23.7 Å². The van der Waals surface area contributed by atoms with Crippen molar-refractivity contribution in [3.8, 4) is 0 Å². The van der Waals surface area contributed by atoms with Gasteiger partial charge in [0.1, 0.15) is 0 Å². The molecule has 1 fully saturated rings. The molecule has 5 heteroatoms. The van der Waals surface area contributed by atoms with Crippen LogP contribution in [0.2, 0.25) is 5.02 Å². The van der Waals surface area contributed by atoms with Gasteiger partial charge >= 0.3 is 0 Å². The molecule has 26 heavy (non-hydrogen) atoms. The Hall–Kier alpha value is -1.81. The van der Waals surface area contributed by atoms with Crippen LogP contribution in [0.3, 0.4) is 0 Å². The predicted octanol–water partition coefficient (Wildman–Crippen LogP) is 3.64. The van der Waals surface area contributed by atoms with E-state index in [1.54, 1.807) is 0 Å². The van der Waals surface area contributed by atoms with Crippen LogP contribution in [0.5, 0.6) is 0 Å². The van der Waals surface area contributed by atoms with Crippen LogP contribution in [-0.4, -0.2) is 24.9 Å². The van der Waals surface area contributed by atoms with Gasteiger partial charge in [0.15, 0.2) is 0 Å². The van der Waals surface area contributed by atoms with Crippen LogP contribution >= 0.6 is 11.6 Å². The molecule has 1 aromatic rings. The number of rotatable bonds is 8. The fourth-order valence-electron chi connectivity index (χ4n) is 3.50. The summed E-state index contributed by atoms with van der Waals surface area (Å²) in [5.41, 5.74) is 2.60. The maximum absolute atomic E-state index is 12.2. The van der Waals surface area contributed by atoms with Crippen molar-refractivity contribution in [2.45, 2.75) is 44.9 Å². The fraction of sp³-hybridized carbons (Fsp3) is 0.524. The van der Waals surface area contributed by atoms with Crippen LogP contribution in [0, 0.1) is 11.8 Å². The molecule has 2 amide bonds. The molecule has 0 bridgehead atoms. The molecule has 2 atom stereocenters. The Bertz CT molecular complexity index is 669. The van der Waals surface area contributed by atoms with Crippen LogP contribution in [0.4, 0.5) is 0 Å². The first kappa shape index (κ1) is 19.0. The second-order valence-corrected chi connectivity index (χ2v) is 7.70. The summed E-state index contributed by atoms with van der Waals surface area (Å²) < 4.78 is 0. The van der Waals surface area contributed by atoms with Gasteiger partial charge in [0.2, 0.25) is 11.8 Å². The summed E-state index contributed by atoms with van der Waals surface area (Å²) in [5, 5.41) is 6.64. The molecular formula is C21H27ClN2O2. The van der Waals surface area contributed by atoms with Gasteiger partial charge < -0.3 is 10.6 Å². The van der Waals surface area contributed by atoms with E-state index in [1.807, 2.05) is 24.3 Å². The lowest BCUT2D eigenvalue weighted by molar-refractivity contribution is -0.127. The van der Waals surface area contributed by atoms with E-state index < -0.39 is 0 Å². The number of nitrogens with one attached hydrogen (secondary N) is 2. The van der Waals surface area contributed by atoms with Crippen LogP contribution in [0.1, 0.15) is 44.1 Å². The first-order valence-electron chi connectivity index (χ1n) is 9.61. The largest absolute Gasteiger partial charge is 0.356 e. The average molecular weight is 375 g/mol. The smallest absolute Gasteiger partial charge is 0.223 e. The molecule has 2 N–H and O–H groups in total. The van der Waals surface area contributed by atoms with E-state index in [0.29, 0.717) is 24.5 Å². The number of amides is 2. The molecular weight excluding hydrogens is 348 g/mol. The minimum atomic E-state index is -0.158. The quantitative estimate of drug-likeness (QED) is 0.682. The highest BCUT2D eigenvalue weighted by Gasteiger charge is 2.47. The lowest BCUT2D eigenvalue weighted by atomic mass is 9.97. The normalized spacial score (nSPS) is 21.7. The molecule has 0 spiro atoms. The summed E-state index contributed by atoms with van der Waals surface area (Å²) in [6, 6.07) is 7.62. The third kappa shape index (κ3) is 5.60. The van der Waals surface area contributed by atoms with Crippen molar-refractivity contribution in [1.29, 1.82) is 0 Å². The molecule has 2 aliphatic carbocycles. The van der Waals surface area contributed by atoms with Gasteiger partial charge in [0, 0.05) is 18.1 Å². The molecule has 4 nitrogen and oxygen atoms in total. The Morgan fingerprint density at radius 3 is 2.23 bits per heavy atom. The van der Waals surface area contributed by atoms with Gasteiger partial charge in [-0.3, -0.25) is 9.59 Å². The van der Waals surface area contributed by atoms with E-state index in [4.69, 9.17) is 11.6 Å². The second kappa shape index (κ2) is 9.22. The summed E-state index contributed by atoms with van der Waals surface area (Å²) in [7, 11) is 0. The van der Waals surface area contributed by atoms with E-state index in [0.717, 1.165) is 24.8 Å². The number of hydrogen-bond donors (Lipinski definition) is 2. The van der Waals surface area contributed by atoms with Gasteiger partial charge in [-0.25, -0.2) is 0 Å². The van der Waals surface area contributed by atoms with Gasteiger partial charge in [-0.15, -0.1) is 0 Å². The lowest BCUT2D eigenvalue weighted by Gasteiger charge is -2.13. The molecule has 140 valence electrons. The van der Waals surface area contributed by atoms with Gasteiger partial charge in [0.05, 0.1) is 11.8 Å². The minimum absolute atomic E-state index is 0.00546. The van der Waals surface area contributed by atoms with Crippen LogP contribution in [0.15, 0.2) is 35.9 Å². The van der Waals surface area contributed by atoms with Crippen molar-refractivity contribution in [2.75, 3.05) is 13.1 Å². The zero-order valence-corrected chi connectivity index (χ0v) is 15.9. The van der Waals surface area contributed by atoms with E-state index in [1.165, 1.54) is 24.8 Å². The molecule has 3 rings (SSSR count). The zero-order chi connectivity index (χ0) is 18.4. The number of carbonyl (C=O) groups is 2. The Balaban J connectivity index is 1.31. The van der Waals surface area contributed by atoms with Gasteiger partial charge in [-0.05, 0) is 62.6 Å². The Morgan fingerprint density at radius 2 is 1.62 bits per heavy atom. The molecule has 0 aromatic heterocycles. The number of hydrogen-bond acceptors (Lipinski definition) is 2. The summed E-state index contributed by atoms with van der Waals surface area (Å²) in [6.07, 6.45) is 9.57. The fourth-order valence-corrected chi connectivity index (χ4v) is 3.62. The molecule has 0 aliphatic heterocycles. The topological polar surface area (TPSA) is 58.2 Å². The van der Waals surface area contributed by atoms with Crippen molar-refractivity contribution in [1.82, 2.24) is 10.6 Å². The van der Waals surface area contributed by atoms with Crippen molar-refractivity contribution >= 4 is 23.4 Å². The average Bonchev–Trinajstić information content (AvgIpc) is 3.45. The summed E-state index contributed by atoms with van der Waals surface area (Å²) in [6.45, 7) is 1.27. The minimum Gasteiger partial charge on any atom is -0.356 e. The Morgan fingerprint density at radius 1 is 0.962 bits per heavy atom. The van der Waals surface area contributed by atoms with Gasteiger partial charge in [0.25, 0.3) is 0 Å². The zero-order valence-electron chi connectivity index (χ0n) is 15.1. The van der Waals surface area contributed by atoms with E-state index in [2.05, 4.69) is 16.7 Å². The summed E-state index contributed by atoms with van der Waals surface area (Å²) in [4.78, 5) is 24.3. The molecule has 2 unspecified atom stereocenters. The van der Waals surface area contributed by atoms with Crippen LogP contribution in [0.25, 0.3) is 0 Å². The molecule has 2 aliphatic rings. The molecule has 0 radical (unpaired) electrons. The maximum Gasteiger partial charge on any atom is 0.223 e. The second-order valence-electron chi connectivity index (χ2n) is 7.27.